The largest absolute Gasteiger partial charge is 0.317 e. The molecule has 1 heterocycles. The molecule has 0 amide bonds. The molecule has 17 heavy (non-hydrogen) atoms. The standard InChI is InChI=1S/C14H18FNO/c15-13-5-3-11(4-6-13)10-14(17)12-2-1-8-16-9-7-12/h3-6,12,16H,1-2,7-10H2. The molecule has 1 atom stereocenters. The summed E-state index contributed by atoms with van der Waals surface area (Å²) in [7, 11) is 0. The van der Waals surface area contributed by atoms with Crippen LogP contribution in [0.3, 0.4) is 0 Å². The minimum Gasteiger partial charge on any atom is -0.317 e. The predicted octanol–water partition coefficient (Wildman–Crippen LogP) is 2.33. The Morgan fingerprint density at radius 2 is 2.00 bits per heavy atom. The van der Waals surface area contributed by atoms with E-state index in [1.165, 1.54) is 12.1 Å². The van der Waals surface area contributed by atoms with Crippen LogP contribution >= 0.6 is 0 Å². The van der Waals surface area contributed by atoms with Gasteiger partial charge in [0.05, 0.1) is 0 Å². The van der Waals surface area contributed by atoms with E-state index in [9.17, 15) is 9.18 Å². The highest BCUT2D eigenvalue weighted by atomic mass is 19.1. The zero-order valence-electron chi connectivity index (χ0n) is 9.92. The summed E-state index contributed by atoms with van der Waals surface area (Å²) < 4.78 is 12.7. The van der Waals surface area contributed by atoms with Crippen LogP contribution in [0.4, 0.5) is 4.39 Å². The van der Waals surface area contributed by atoms with Crippen LogP contribution in [0.2, 0.25) is 0 Å². The van der Waals surface area contributed by atoms with Crippen LogP contribution in [0.15, 0.2) is 24.3 Å². The molecule has 2 nitrogen and oxygen atoms in total. The highest BCUT2D eigenvalue weighted by molar-refractivity contribution is 5.83. The van der Waals surface area contributed by atoms with E-state index in [4.69, 9.17) is 0 Å². The Balaban J connectivity index is 1.93. The molecule has 1 aliphatic heterocycles. The monoisotopic (exact) mass is 235 g/mol. The van der Waals surface area contributed by atoms with Crippen LogP contribution in [0.5, 0.6) is 0 Å². The van der Waals surface area contributed by atoms with Crippen molar-refractivity contribution in [1.29, 1.82) is 0 Å². The lowest BCUT2D eigenvalue weighted by Crippen LogP contribution is -2.19. The van der Waals surface area contributed by atoms with Gasteiger partial charge in [0.1, 0.15) is 11.6 Å². The van der Waals surface area contributed by atoms with E-state index in [0.717, 1.165) is 37.9 Å². The molecule has 0 spiro atoms. The summed E-state index contributed by atoms with van der Waals surface area (Å²) in [5.41, 5.74) is 0.911. The summed E-state index contributed by atoms with van der Waals surface area (Å²) in [6.07, 6.45) is 3.41. The van der Waals surface area contributed by atoms with E-state index >= 15 is 0 Å². The van der Waals surface area contributed by atoms with Crippen LogP contribution < -0.4 is 5.32 Å². The Kier molecular flexibility index (Phi) is 4.26. The number of Topliss-reactive ketones (excluding diaryl/α,β-unsaturated/α-hetero) is 1. The van der Waals surface area contributed by atoms with Crippen LogP contribution in [-0.4, -0.2) is 18.9 Å². The van der Waals surface area contributed by atoms with Crippen LogP contribution in [0.25, 0.3) is 0 Å². The third-order valence-corrected chi connectivity index (χ3v) is 3.32. The number of carbonyl (C=O) groups excluding carboxylic acids is 1. The zero-order valence-corrected chi connectivity index (χ0v) is 9.92. The lowest BCUT2D eigenvalue weighted by atomic mass is 9.92. The van der Waals surface area contributed by atoms with Crippen LogP contribution in [0, 0.1) is 11.7 Å². The number of hydrogen-bond acceptors (Lipinski definition) is 2. The fourth-order valence-corrected chi connectivity index (χ4v) is 2.29. The second kappa shape index (κ2) is 5.92. The van der Waals surface area contributed by atoms with Crippen molar-refractivity contribution in [2.24, 2.45) is 5.92 Å². The Morgan fingerprint density at radius 1 is 1.24 bits per heavy atom. The summed E-state index contributed by atoms with van der Waals surface area (Å²) in [6.45, 7) is 1.94. The second-order valence-electron chi connectivity index (χ2n) is 4.65. The van der Waals surface area contributed by atoms with Crippen molar-refractivity contribution in [3.8, 4) is 0 Å². The maximum Gasteiger partial charge on any atom is 0.140 e. The molecule has 1 aliphatic rings. The number of hydrogen-bond donors (Lipinski definition) is 1. The van der Waals surface area contributed by atoms with Crippen molar-refractivity contribution >= 4 is 5.78 Å². The Hall–Kier alpha value is -1.22. The first-order valence-corrected chi connectivity index (χ1v) is 6.23. The van der Waals surface area contributed by atoms with Gasteiger partial charge in [0, 0.05) is 12.3 Å². The van der Waals surface area contributed by atoms with Crippen molar-refractivity contribution in [3.63, 3.8) is 0 Å². The van der Waals surface area contributed by atoms with E-state index in [0.29, 0.717) is 12.2 Å². The van der Waals surface area contributed by atoms with Gasteiger partial charge in [-0.2, -0.15) is 0 Å². The molecule has 92 valence electrons. The number of rotatable bonds is 3. The third kappa shape index (κ3) is 3.63. The fraction of sp³-hybridized carbons (Fsp3) is 0.500. The number of carbonyl (C=O) groups is 1. The fourth-order valence-electron chi connectivity index (χ4n) is 2.29. The smallest absolute Gasteiger partial charge is 0.140 e. The summed E-state index contributed by atoms with van der Waals surface area (Å²) in [5.74, 6) is 0.218. The first kappa shape index (κ1) is 12.2. The van der Waals surface area contributed by atoms with Crippen molar-refractivity contribution in [1.82, 2.24) is 5.32 Å². The quantitative estimate of drug-likeness (QED) is 0.871. The highest BCUT2D eigenvalue weighted by Gasteiger charge is 2.19. The lowest BCUT2D eigenvalue weighted by Gasteiger charge is -2.12. The van der Waals surface area contributed by atoms with E-state index in [2.05, 4.69) is 5.32 Å². The van der Waals surface area contributed by atoms with Gasteiger partial charge in [0.25, 0.3) is 0 Å². The summed E-state index contributed by atoms with van der Waals surface area (Å²) in [6, 6.07) is 6.22. The average Bonchev–Trinajstić information content (AvgIpc) is 2.61. The molecule has 1 fully saturated rings. The number of ketones is 1. The maximum atomic E-state index is 12.7. The summed E-state index contributed by atoms with van der Waals surface area (Å²) >= 11 is 0. The molecule has 0 bridgehead atoms. The molecular formula is C14H18FNO. The van der Waals surface area contributed by atoms with Gasteiger partial charge in [-0.25, -0.2) is 4.39 Å². The van der Waals surface area contributed by atoms with Gasteiger partial charge in [0.15, 0.2) is 0 Å². The van der Waals surface area contributed by atoms with Gasteiger partial charge < -0.3 is 5.32 Å². The van der Waals surface area contributed by atoms with Gasteiger partial charge in [-0.3, -0.25) is 4.79 Å². The SMILES string of the molecule is O=C(Cc1ccc(F)cc1)C1CCCNCC1. The molecule has 0 aromatic heterocycles. The minimum atomic E-state index is -0.250. The van der Waals surface area contributed by atoms with Gasteiger partial charge in [-0.1, -0.05) is 12.1 Å². The number of benzene rings is 1. The maximum absolute atomic E-state index is 12.7. The molecule has 1 unspecified atom stereocenters. The minimum absolute atomic E-state index is 0.176. The van der Waals surface area contributed by atoms with E-state index in [-0.39, 0.29) is 11.7 Å². The highest BCUT2D eigenvalue weighted by Crippen LogP contribution is 2.17. The second-order valence-corrected chi connectivity index (χ2v) is 4.65. The van der Waals surface area contributed by atoms with Crippen molar-refractivity contribution in [2.75, 3.05) is 13.1 Å². The van der Waals surface area contributed by atoms with Crippen LogP contribution in [-0.2, 0) is 11.2 Å². The molecule has 0 radical (unpaired) electrons. The van der Waals surface area contributed by atoms with E-state index in [1.807, 2.05) is 0 Å². The Morgan fingerprint density at radius 3 is 2.76 bits per heavy atom. The topological polar surface area (TPSA) is 29.1 Å². The molecular weight excluding hydrogens is 217 g/mol. The molecule has 0 saturated carbocycles. The summed E-state index contributed by atoms with van der Waals surface area (Å²) in [4.78, 5) is 12.1. The zero-order chi connectivity index (χ0) is 12.1. The average molecular weight is 235 g/mol. The Bertz CT molecular complexity index is 366. The first-order valence-electron chi connectivity index (χ1n) is 6.23. The Labute approximate surface area is 101 Å². The van der Waals surface area contributed by atoms with Crippen molar-refractivity contribution < 1.29 is 9.18 Å². The first-order chi connectivity index (χ1) is 8.25. The molecule has 1 aromatic rings. The predicted molar refractivity (Wildman–Crippen MR) is 65.3 cm³/mol. The molecule has 1 aromatic carbocycles. The lowest BCUT2D eigenvalue weighted by molar-refractivity contribution is -0.122. The van der Waals surface area contributed by atoms with E-state index < -0.39 is 0 Å². The number of halogens is 1. The number of nitrogens with one attached hydrogen (secondary N) is 1. The molecule has 1 N–H and O–H groups in total. The molecule has 0 aliphatic carbocycles. The molecule has 1 saturated heterocycles. The molecule has 2 rings (SSSR count). The van der Waals surface area contributed by atoms with Crippen molar-refractivity contribution in [2.45, 2.75) is 25.7 Å². The normalized spacial score (nSPS) is 20.9. The van der Waals surface area contributed by atoms with Gasteiger partial charge in [-0.05, 0) is 50.0 Å². The van der Waals surface area contributed by atoms with E-state index in [1.54, 1.807) is 12.1 Å². The van der Waals surface area contributed by atoms with Gasteiger partial charge in [-0.15, -0.1) is 0 Å². The molecule has 3 heteroatoms. The van der Waals surface area contributed by atoms with Crippen molar-refractivity contribution in [3.05, 3.63) is 35.6 Å². The van der Waals surface area contributed by atoms with Crippen LogP contribution in [0.1, 0.15) is 24.8 Å². The third-order valence-electron chi connectivity index (χ3n) is 3.32. The summed E-state index contributed by atoms with van der Waals surface area (Å²) in [5, 5.41) is 3.30. The van der Waals surface area contributed by atoms with Gasteiger partial charge in [0.2, 0.25) is 0 Å². The van der Waals surface area contributed by atoms with Gasteiger partial charge >= 0.3 is 0 Å².